The van der Waals surface area contributed by atoms with Crippen LogP contribution in [0.15, 0.2) is 18.3 Å². The summed E-state index contributed by atoms with van der Waals surface area (Å²) in [4.78, 5) is 6.40. The fourth-order valence-electron chi connectivity index (χ4n) is 1.62. The average Bonchev–Trinajstić information content (AvgIpc) is 2.38. The van der Waals surface area contributed by atoms with E-state index < -0.39 is 0 Å². The Balaban J connectivity index is 1.95. The molecule has 1 aliphatic heterocycles. The molecule has 5 heteroatoms. The molecule has 88 valence electrons. The third-order valence-corrected chi connectivity index (χ3v) is 2.44. The van der Waals surface area contributed by atoms with Crippen LogP contribution in [0.3, 0.4) is 0 Å². The zero-order valence-corrected chi connectivity index (χ0v) is 9.13. The highest BCUT2D eigenvalue weighted by Gasteiger charge is 2.11. The van der Waals surface area contributed by atoms with E-state index in [2.05, 4.69) is 9.88 Å². The van der Waals surface area contributed by atoms with Gasteiger partial charge < -0.3 is 19.5 Å². The number of nitrogens with zero attached hydrogens (tertiary/aromatic N) is 2. The van der Waals surface area contributed by atoms with Crippen LogP contribution in [0, 0.1) is 0 Å². The molecule has 0 atom stereocenters. The lowest BCUT2D eigenvalue weighted by Gasteiger charge is -2.28. The van der Waals surface area contributed by atoms with Crippen LogP contribution in [-0.4, -0.2) is 49.6 Å². The number of anilines is 1. The van der Waals surface area contributed by atoms with Gasteiger partial charge in [0.15, 0.2) is 0 Å². The average molecular weight is 224 g/mol. The number of morpholine rings is 1. The highest BCUT2D eigenvalue weighted by Crippen LogP contribution is 2.17. The lowest BCUT2D eigenvalue weighted by Crippen LogP contribution is -2.36. The van der Waals surface area contributed by atoms with Gasteiger partial charge in [-0.1, -0.05) is 0 Å². The summed E-state index contributed by atoms with van der Waals surface area (Å²) in [5.74, 6) is 0.547. The van der Waals surface area contributed by atoms with Gasteiger partial charge in [-0.2, -0.15) is 0 Å². The number of ether oxygens (including phenoxy) is 2. The molecule has 1 saturated heterocycles. The molecule has 0 unspecified atom stereocenters. The Labute approximate surface area is 94.6 Å². The number of aliphatic hydroxyl groups excluding tert-OH is 1. The molecule has 1 aromatic heterocycles. The smallest absolute Gasteiger partial charge is 0.213 e. The summed E-state index contributed by atoms with van der Waals surface area (Å²) in [6.07, 6.45) is 1.79. The van der Waals surface area contributed by atoms with Gasteiger partial charge in [-0.15, -0.1) is 0 Å². The largest absolute Gasteiger partial charge is 0.475 e. The van der Waals surface area contributed by atoms with E-state index in [1.165, 1.54) is 0 Å². The van der Waals surface area contributed by atoms with Gasteiger partial charge >= 0.3 is 0 Å². The SMILES string of the molecule is OCCOc1ccc(N2CCOCC2)cn1. The van der Waals surface area contributed by atoms with Gasteiger partial charge in [0, 0.05) is 19.2 Å². The van der Waals surface area contributed by atoms with Crippen LogP contribution in [0.4, 0.5) is 5.69 Å². The molecule has 1 fully saturated rings. The third kappa shape index (κ3) is 2.84. The third-order valence-electron chi connectivity index (χ3n) is 2.44. The van der Waals surface area contributed by atoms with Crippen molar-refractivity contribution in [2.45, 2.75) is 0 Å². The maximum absolute atomic E-state index is 8.61. The van der Waals surface area contributed by atoms with Gasteiger partial charge in [0.25, 0.3) is 0 Å². The second-order valence-electron chi connectivity index (χ2n) is 3.53. The van der Waals surface area contributed by atoms with Crippen LogP contribution in [0.25, 0.3) is 0 Å². The lowest BCUT2D eigenvalue weighted by atomic mass is 10.3. The van der Waals surface area contributed by atoms with Gasteiger partial charge in [-0.25, -0.2) is 4.98 Å². The maximum atomic E-state index is 8.61. The van der Waals surface area contributed by atoms with Gasteiger partial charge in [-0.3, -0.25) is 0 Å². The van der Waals surface area contributed by atoms with Crippen molar-refractivity contribution in [2.75, 3.05) is 44.4 Å². The Morgan fingerprint density at radius 3 is 2.81 bits per heavy atom. The standard InChI is InChI=1S/C11H16N2O3/c14-5-8-16-11-2-1-10(9-12-11)13-3-6-15-7-4-13/h1-2,9,14H,3-8H2. The molecule has 0 amide bonds. The first-order valence-electron chi connectivity index (χ1n) is 5.42. The van der Waals surface area contributed by atoms with Gasteiger partial charge in [-0.05, 0) is 6.07 Å². The van der Waals surface area contributed by atoms with E-state index in [1.54, 1.807) is 6.20 Å². The fourth-order valence-corrected chi connectivity index (χ4v) is 1.62. The lowest BCUT2D eigenvalue weighted by molar-refractivity contribution is 0.122. The van der Waals surface area contributed by atoms with Gasteiger partial charge in [0.05, 0.1) is 31.7 Å². The van der Waals surface area contributed by atoms with Crippen molar-refractivity contribution < 1.29 is 14.6 Å². The summed E-state index contributed by atoms with van der Waals surface area (Å²) in [5, 5.41) is 8.61. The highest BCUT2D eigenvalue weighted by molar-refractivity contribution is 5.45. The van der Waals surface area contributed by atoms with Crippen molar-refractivity contribution in [3.05, 3.63) is 18.3 Å². The first kappa shape index (κ1) is 11.2. The number of aromatic nitrogens is 1. The predicted octanol–water partition coefficient (Wildman–Crippen LogP) is 0.289. The molecule has 1 aliphatic rings. The monoisotopic (exact) mass is 224 g/mol. The van der Waals surface area contributed by atoms with Crippen molar-refractivity contribution in [3.63, 3.8) is 0 Å². The van der Waals surface area contributed by atoms with E-state index in [-0.39, 0.29) is 13.2 Å². The Kier molecular flexibility index (Phi) is 3.96. The number of hydrogen-bond donors (Lipinski definition) is 1. The van der Waals surface area contributed by atoms with E-state index in [0.29, 0.717) is 5.88 Å². The molecule has 16 heavy (non-hydrogen) atoms. The highest BCUT2D eigenvalue weighted by atomic mass is 16.5. The molecule has 0 aromatic carbocycles. The minimum atomic E-state index is 0.00684. The molecule has 0 aliphatic carbocycles. The summed E-state index contributed by atoms with van der Waals surface area (Å²) in [6.45, 7) is 3.62. The van der Waals surface area contributed by atoms with E-state index >= 15 is 0 Å². The molecule has 0 bridgehead atoms. The van der Waals surface area contributed by atoms with Crippen LogP contribution in [0.2, 0.25) is 0 Å². The van der Waals surface area contributed by atoms with Crippen LogP contribution in [0.5, 0.6) is 5.88 Å². The molecule has 1 aromatic rings. The van der Waals surface area contributed by atoms with E-state index in [9.17, 15) is 0 Å². The number of aliphatic hydroxyl groups is 1. The van der Waals surface area contributed by atoms with Crippen molar-refractivity contribution >= 4 is 5.69 Å². The predicted molar refractivity (Wildman–Crippen MR) is 59.8 cm³/mol. The zero-order valence-electron chi connectivity index (χ0n) is 9.13. The first-order chi connectivity index (χ1) is 7.90. The van der Waals surface area contributed by atoms with E-state index in [1.807, 2.05) is 12.1 Å². The summed E-state index contributed by atoms with van der Waals surface area (Å²) < 4.78 is 10.5. The Hall–Kier alpha value is -1.33. The Morgan fingerprint density at radius 1 is 1.38 bits per heavy atom. The molecule has 0 spiro atoms. The first-order valence-corrected chi connectivity index (χ1v) is 5.42. The molecule has 0 radical (unpaired) electrons. The second-order valence-corrected chi connectivity index (χ2v) is 3.53. The van der Waals surface area contributed by atoms with Crippen molar-refractivity contribution in [2.24, 2.45) is 0 Å². The van der Waals surface area contributed by atoms with Gasteiger partial charge in [0.2, 0.25) is 5.88 Å². The van der Waals surface area contributed by atoms with E-state index in [4.69, 9.17) is 14.6 Å². The number of rotatable bonds is 4. The van der Waals surface area contributed by atoms with Crippen LogP contribution < -0.4 is 9.64 Å². The summed E-state index contributed by atoms with van der Waals surface area (Å²) >= 11 is 0. The molecule has 5 nitrogen and oxygen atoms in total. The quantitative estimate of drug-likeness (QED) is 0.796. The van der Waals surface area contributed by atoms with Crippen LogP contribution in [-0.2, 0) is 4.74 Å². The molecule has 0 saturated carbocycles. The van der Waals surface area contributed by atoms with Crippen molar-refractivity contribution in [1.29, 1.82) is 0 Å². The molecule has 2 heterocycles. The Morgan fingerprint density at radius 2 is 2.19 bits per heavy atom. The van der Waals surface area contributed by atoms with Crippen LogP contribution >= 0.6 is 0 Å². The normalized spacial score (nSPS) is 16.2. The molecular weight excluding hydrogens is 208 g/mol. The molecule has 1 N–H and O–H groups in total. The second kappa shape index (κ2) is 5.67. The summed E-state index contributed by atoms with van der Waals surface area (Å²) in [5.41, 5.74) is 1.08. The minimum Gasteiger partial charge on any atom is -0.475 e. The van der Waals surface area contributed by atoms with Crippen LogP contribution in [0.1, 0.15) is 0 Å². The topological polar surface area (TPSA) is 54.8 Å². The van der Waals surface area contributed by atoms with Crippen molar-refractivity contribution in [3.8, 4) is 5.88 Å². The van der Waals surface area contributed by atoms with Gasteiger partial charge in [0.1, 0.15) is 6.61 Å². The Bertz CT molecular complexity index is 310. The summed E-state index contributed by atoms with van der Waals surface area (Å²) in [6, 6.07) is 3.80. The molecular formula is C11H16N2O3. The zero-order chi connectivity index (χ0) is 11.2. The maximum Gasteiger partial charge on any atom is 0.213 e. The van der Waals surface area contributed by atoms with Crippen molar-refractivity contribution in [1.82, 2.24) is 4.98 Å². The summed E-state index contributed by atoms with van der Waals surface area (Å²) in [7, 11) is 0. The molecule has 2 rings (SSSR count). The fraction of sp³-hybridized carbons (Fsp3) is 0.545. The van der Waals surface area contributed by atoms with E-state index in [0.717, 1.165) is 32.0 Å². The number of hydrogen-bond acceptors (Lipinski definition) is 5. The number of pyridine rings is 1. The minimum absolute atomic E-state index is 0.00684.